The van der Waals surface area contributed by atoms with Crippen molar-refractivity contribution in [2.24, 2.45) is 5.73 Å². The van der Waals surface area contributed by atoms with Crippen LogP contribution in [-0.2, 0) is 4.79 Å². The molecule has 2 rings (SSSR count). The molecule has 1 amide bonds. The maximum Gasteiger partial charge on any atom is 0.242 e. The molecule has 1 saturated heterocycles. The predicted octanol–water partition coefficient (Wildman–Crippen LogP) is 0.419. The van der Waals surface area contributed by atoms with Crippen LogP contribution < -0.4 is 5.73 Å². The highest BCUT2D eigenvalue weighted by atomic mass is 16.2. The number of likely N-dealkylation sites (N-methyl/N-ethyl adjacent to an activating group) is 1. The van der Waals surface area contributed by atoms with Crippen LogP contribution >= 0.6 is 0 Å². The number of rotatable bonds is 1. The summed E-state index contributed by atoms with van der Waals surface area (Å²) in [6.45, 7) is 5.82. The van der Waals surface area contributed by atoms with Gasteiger partial charge < -0.3 is 10.6 Å². The molecule has 1 aliphatic carbocycles. The van der Waals surface area contributed by atoms with Gasteiger partial charge >= 0.3 is 0 Å². The Balaban J connectivity index is 2.18. The van der Waals surface area contributed by atoms with Crippen molar-refractivity contribution in [2.45, 2.75) is 50.7 Å². The smallest absolute Gasteiger partial charge is 0.242 e. The standard InChI is InChI=1S/C12H23N3O/c1-12(2)11(16)14(3)7-8-15(12)10-6-4-5-9(10)13/h9-10H,4-8,13H2,1-3H3. The topological polar surface area (TPSA) is 49.6 Å². The van der Waals surface area contributed by atoms with Crippen molar-refractivity contribution in [3.63, 3.8) is 0 Å². The van der Waals surface area contributed by atoms with Crippen LogP contribution in [0.1, 0.15) is 33.1 Å². The lowest BCUT2D eigenvalue weighted by Crippen LogP contribution is -2.66. The normalized spacial score (nSPS) is 35.8. The maximum atomic E-state index is 12.2. The molecule has 1 heterocycles. The lowest BCUT2D eigenvalue weighted by atomic mass is 9.94. The zero-order valence-electron chi connectivity index (χ0n) is 10.6. The third kappa shape index (κ3) is 1.74. The first-order chi connectivity index (χ1) is 7.44. The van der Waals surface area contributed by atoms with E-state index in [1.165, 1.54) is 6.42 Å². The number of hydrogen-bond acceptors (Lipinski definition) is 3. The van der Waals surface area contributed by atoms with E-state index < -0.39 is 0 Å². The minimum absolute atomic E-state index is 0.220. The van der Waals surface area contributed by atoms with Crippen LogP contribution in [0, 0.1) is 0 Å². The summed E-state index contributed by atoms with van der Waals surface area (Å²) >= 11 is 0. The van der Waals surface area contributed by atoms with E-state index in [4.69, 9.17) is 5.73 Å². The Labute approximate surface area is 97.8 Å². The fourth-order valence-electron chi connectivity index (χ4n) is 3.17. The first kappa shape index (κ1) is 11.9. The Morgan fingerprint density at radius 1 is 1.31 bits per heavy atom. The lowest BCUT2D eigenvalue weighted by molar-refractivity contribution is -0.149. The summed E-state index contributed by atoms with van der Waals surface area (Å²) in [4.78, 5) is 16.3. The van der Waals surface area contributed by atoms with E-state index in [2.05, 4.69) is 4.90 Å². The molecule has 0 bridgehead atoms. The van der Waals surface area contributed by atoms with Crippen LogP contribution in [-0.4, -0.2) is 53.5 Å². The van der Waals surface area contributed by atoms with Crippen molar-refractivity contribution in [1.82, 2.24) is 9.80 Å². The predicted molar refractivity (Wildman–Crippen MR) is 64.0 cm³/mol. The second-order valence-corrected chi connectivity index (χ2v) is 5.64. The summed E-state index contributed by atoms with van der Waals surface area (Å²) in [5, 5.41) is 0. The van der Waals surface area contributed by atoms with Gasteiger partial charge in [0.25, 0.3) is 0 Å². The molecule has 0 aromatic carbocycles. The minimum atomic E-state index is -0.389. The second-order valence-electron chi connectivity index (χ2n) is 5.64. The van der Waals surface area contributed by atoms with Crippen LogP contribution in [0.4, 0.5) is 0 Å². The Kier molecular flexibility index (Phi) is 2.97. The third-order valence-electron chi connectivity index (χ3n) is 4.20. The molecule has 1 aliphatic heterocycles. The van der Waals surface area contributed by atoms with E-state index in [1.807, 2.05) is 25.8 Å². The van der Waals surface area contributed by atoms with E-state index in [0.717, 1.165) is 25.9 Å². The Hall–Kier alpha value is -0.610. The van der Waals surface area contributed by atoms with Gasteiger partial charge in [-0.25, -0.2) is 0 Å². The summed E-state index contributed by atoms with van der Waals surface area (Å²) in [5.74, 6) is 0.220. The molecule has 92 valence electrons. The molecular weight excluding hydrogens is 202 g/mol. The van der Waals surface area contributed by atoms with Gasteiger partial charge in [-0.15, -0.1) is 0 Å². The Bertz CT molecular complexity index is 290. The summed E-state index contributed by atoms with van der Waals surface area (Å²) in [6, 6.07) is 0.642. The molecule has 2 aliphatic rings. The SMILES string of the molecule is CN1CCN(C2CCCC2N)C(C)(C)C1=O. The van der Waals surface area contributed by atoms with Gasteiger partial charge in [-0.05, 0) is 26.7 Å². The molecule has 2 atom stereocenters. The Morgan fingerprint density at radius 3 is 2.56 bits per heavy atom. The molecule has 0 aromatic rings. The van der Waals surface area contributed by atoms with Crippen molar-refractivity contribution < 1.29 is 4.79 Å². The van der Waals surface area contributed by atoms with Crippen LogP contribution in [0.25, 0.3) is 0 Å². The lowest BCUT2D eigenvalue weighted by Gasteiger charge is -2.48. The van der Waals surface area contributed by atoms with Gasteiger partial charge in [-0.2, -0.15) is 0 Å². The van der Waals surface area contributed by atoms with E-state index in [-0.39, 0.29) is 17.5 Å². The first-order valence-corrected chi connectivity index (χ1v) is 6.22. The van der Waals surface area contributed by atoms with Crippen LogP contribution in [0.3, 0.4) is 0 Å². The van der Waals surface area contributed by atoms with Gasteiger partial charge in [-0.3, -0.25) is 9.69 Å². The van der Waals surface area contributed by atoms with Crippen molar-refractivity contribution in [3.8, 4) is 0 Å². The molecule has 0 radical (unpaired) electrons. The number of carbonyl (C=O) groups excluding carboxylic acids is 1. The van der Waals surface area contributed by atoms with Crippen molar-refractivity contribution in [2.75, 3.05) is 20.1 Å². The van der Waals surface area contributed by atoms with Gasteiger partial charge in [0, 0.05) is 32.2 Å². The van der Waals surface area contributed by atoms with E-state index >= 15 is 0 Å². The fourth-order valence-corrected chi connectivity index (χ4v) is 3.17. The van der Waals surface area contributed by atoms with Gasteiger partial charge in [0.05, 0.1) is 5.54 Å². The number of amides is 1. The number of nitrogens with zero attached hydrogens (tertiary/aromatic N) is 2. The van der Waals surface area contributed by atoms with E-state index in [0.29, 0.717) is 6.04 Å². The van der Waals surface area contributed by atoms with E-state index in [9.17, 15) is 4.79 Å². The highest BCUT2D eigenvalue weighted by Gasteiger charge is 2.45. The van der Waals surface area contributed by atoms with E-state index in [1.54, 1.807) is 0 Å². The zero-order valence-corrected chi connectivity index (χ0v) is 10.6. The molecule has 1 saturated carbocycles. The molecule has 0 spiro atoms. The van der Waals surface area contributed by atoms with Crippen molar-refractivity contribution in [3.05, 3.63) is 0 Å². The van der Waals surface area contributed by atoms with Crippen LogP contribution in [0.2, 0.25) is 0 Å². The third-order valence-corrected chi connectivity index (χ3v) is 4.20. The average Bonchev–Trinajstić information content (AvgIpc) is 2.62. The fraction of sp³-hybridized carbons (Fsp3) is 0.917. The van der Waals surface area contributed by atoms with Crippen molar-refractivity contribution in [1.29, 1.82) is 0 Å². The zero-order chi connectivity index (χ0) is 11.9. The molecule has 2 fully saturated rings. The number of hydrogen-bond donors (Lipinski definition) is 1. The molecule has 4 nitrogen and oxygen atoms in total. The molecule has 4 heteroatoms. The quantitative estimate of drug-likeness (QED) is 0.703. The average molecular weight is 225 g/mol. The number of carbonyl (C=O) groups is 1. The Morgan fingerprint density at radius 2 is 2.00 bits per heavy atom. The first-order valence-electron chi connectivity index (χ1n) is 6.22. The van der Waals surface area contributed by atoms with Crippen molar-refractivity contribution >= 4 is 5.91 Å². The molecule has 16 heavy (non-hydrogen) atoms. The molecular formula is C12H23N3O. The molecule has 2 unspecified atom stereocenters. The minimum Gasteiger partial charge on any atom is -0.343 e. The number of piperazine rings is 1. The maximum absolute atomic E-state index is 12.2. The monoisotopic (exact) mass is 225 g/mol. The number of nitrogens with two attached hydrogens (primary N) is 1. The summed E-state index contributed by atoms with van der Waals surface area (Å²) < 4.78 is 0. The largest absolute Gasteiger partial charge is 0.343 e. The summed E-state index contributed by atoms with van der Waals surface area (Å²) in [5.41, 5.74) is 5.76. The molecule has 2 N–H and O–H groups in total. The van der Waals surface area contributed by atoms with Gasteiger partial charge in [-0.1, -0.05) is 6.42 Å². The molecule has 0 aromatic heterocycles. The summed E-state index contributed by atoms with van der Waals surface area (Å²) in [7, 11) is 1.88. The highest BCUT2D eigenvalue weighted by Crippen LogP contribution is 2.31. The van der Waals surface area contributed by atoms with Crippen LogP contribution in [0.5, 0.6) is 0 Å². The van der Waals surface area contributed by atoms with Crippen LogP contribution in [0.15, 0.2) is 0 Å². The van der Waals surface area contributed by atoms with Gasteiger partial charge in [0.1, 0.15) is 0 Å². The highest BCUT2D eigenvalue weighted by molar-refractivity contribution is 5.86. The van der Waals surface area contributed by atoms with Gasteiger partial charge in [0.2, 0.25) is 5.91 Å². The second kappa shape index (κ2) is 4.00. The summed E-state index contributed by atoms with van der Waals surface area (Å²) in [6.07, 6.45) is 3.44. The van der Waals surface area contributed by atoms with Gasteiger partial charge in [0.15, 0.2) is 0 Å².